The van der Waals surface area contributed by atoms with E-state index in [0.717, 1.165) is 31.0 Å². The van der Waals surface area contributed by atoms with E-state index in [1.54, 1.807) is 12.1 Å². The number of rotatable bonds is 3. The molecular weight excluding hydrogens is 246 g/mol. The summed E-state index contributed by atoms with van der Waals surface area (Å²) in [6, 6.07) is 7.29. The second-order valence-electron chi connectivity index (χ2n) is 5.28. The number of hydrogen-bond donors (Lipinski definition) is 1. The third kappa shape index (κ3) is 3.27. The van der Waals surface area contributed by atoms with E-state index in [9.17, 15) is 9.90 Å². The summed E-state index contributed by atoms with van der Waals surface area (Å²) in [5.74, 6) is 0.277. The van der Waals surface area contributed by atoms with E-state index in [4.69, 9.17) is 0 Å². The summed E-state index contributed by atoms with van der Waals surface area (Å²) in [5.41, 5.74) is 1.33. The monoisotopic (exact) mass is 265 g/mol. The van der Waals surface area contributed by atoms with Crippen molar-refractivity contribution in [3.8, 4) is 0 Å². The van der Waals surface area contributed by atoms with E-state index < -0.39 is 5.97 Å². The molecule has 1 fully saturated rings. The van der Waals surface area contributed by atoms with E-state index in [0.29, 0.717) is 5.56 Å². The van der Waals surface area contributed by atoms with Crippen molar-refractivity contribution in [2.75, 3.05) is 18.8 Å². The second-order valence-corrected chi connectivity index (χ2v) is 7.08. The van der Waals surface area contributed by atoms with Crippen molar-refractivity contribution in [2.24, 2.45) is 0 Å². The number of carbonyl (C=O) groups is 1. The Bertz CT molecular complexity index is 445. The molecule has 1 aliphatic rings. The smallest absolute Gasteiger partial charge is 0.336 e. The van der Waals surface area contributed by atoms with Crippen LogP contribution in [-0.2, 0) is 6.54 Å². The Balaban J connectivity index is 2.12. The molecule has 0 spiro atoms. The first-order valence-corrected chi connectivity index (χ1v) is 7.14. The first-order chi connectivity index (χ1) is 8.48. The molecule has 1 saturated heterocycles. The van der Waals surface area contributed by atoms with Gasteiger partial charge in [-0.15, -0.1) is 0 Å². The lowest BCUT2D eigenvalue weighted by molar-refractivity contribution is 0.0694. The normalized spacial score (nSPS) is 19.7. The maximum absolute atomic E-state index is 11.2. The Morgan fingerprint density at radius 2 is 2.17 bits per heavy atom. The van der Waals surface area contributed by atoms with Gasteiger partial charge in [0.2, 0.25) is 0 Å². The summed E-state index contributed by atoms with van der Waals surface area (Å²) < 4.78 is 0.260. The topological polar surface area (TPSA) is 40.5 Å². The van der Waals surface area contributed by atoms with Gasteiger partial charge < -0.3 is 5.11 Å². The van der Waals surface area contributed by atoms with Crippen molar-refractivity contribution in [2.45, 2.75) is 25.1 Å². The van der Waals surface area contributed by atoms with Crippen LogP contribution in [0.4, 0.5) is 0 Å². The SMILES string of the molecule is CC1(C)CN(Cc2ccccc2C(=O)O)CCS1. The highest BCUT2D eigenvalue weighted by Crippen LogP contribution is 2.30. The molecule has 1 N–H and O–H groups in total. The van der Waals surface area contributed by atoms with E-state index in [1.807, 2.05) is 23.9 Å². The average Bonchev–Trinajstić information content (AvgIpc) is 2.28. The maximum atomic E-state index is 11.2. The molecular formula is C14H19NO2S. The van der Waals surface area contributed by atoms with Gasteiger partial charge in [0.05, 0.1) is 5.56 Å². The fraction of sp³-hybridized carbons (Fsp3) is 0.500. The minimum absolute atomic E-state index is 0.260. The van der Waals surface area contributed by atoms with Crippen molar-refractivity contribution in [3.63, 3.8) is 0 Å². The van der Waals surface area contributed by atoms with Crippen molar-refractivity contribution in [1.29, 1.82) is 0 Å². The molecule has 4 heteroatoms. The summed E-state index contributed by atoms with van der Waals surface area (Å²) in [7, 11) is 0. The molecule has 98 valence electrons. The van der Waals surface area contributed by atoms with Crippen LogP contribution in [0.5, 0.6) is 0 Å². The number of thioether (sulfide) groups is 1. The lowest BCUT2D eigenvalue weighted by Crippen LogP contribution is -2.42. The van der Waals surface area contributed by atoms with E-state index in [2.05, 4.69) is 18.7 Å². The lowest BCUT2D eigenvalue weighted by Gasteiger charge is -2.37. The number of aromatic carboxylic acids is 1. The standard InChI is InChI=1S/C14H19NO2S/c1-14(2)10-15(7-8-18-14)9-11-5-3-4-6-12(11)13(16)17/h3-6H,7-10H2,1-2H3,(H,16,17). The first kappa shape index (κ1) is 13.4. The number of carboxylic acid groups (broad SMARTS) is 1. The van der Waals surface area contributed by atoms with Gasteiger partial charge in [0.25, 0.3) is 0 Å². The largest absolute Gasteiger partial charge is 0.478 e. The molecule has 1 heterocycles. The molecule has 0 aliphatic carbocycles. The number of benzene rings is 1. The van der Waals surface area contributed by atoms with Crippen LogP contribution in [0.3, 0.4) is 0 Å². The van der Waals surface area contributed by atoms with E-state index in [-0.39, 0.29) is 4.75 Å². The van der Waals surface area contributed by atoms with Gasteiger partial charge in [-0.05, 0) is 25.5 Å². The van der Waals surface area contributed by atoms with Crippen LogP contribution in [0.1, 0.15) is 29.8 Å². The van der Waals surface area contributed by atoms with Crippen molar-refractivity contribution in [3.05, 3.63) is 35.4 Å². The molecule has 1 aromatic carbocycles. The molecule has 1 aromatic rings. The minimum atomic E-state index is -0.837. The lowest BCUT2D eigenvalue weighted by atomic mass is 10.1. The van der Waals surface area contributed by atoms with Crippen LogP contribution in [0.15, 0.2) is 24.3 Å². The molecule has 18 heavy (non-hydrogen) atoms. The van der Waals surface area contributed by atoms with Crippen LogP contribution < -0.4 is 0 Å². The molecule has 0 amide bonds. The predicted octanol–water partition coefficient (Wildman–Crippen LogP) is 2.71. The van der Waals surface area contributed by atoms with Crippen molar-refractivity contribution < 1.29 is 9.90 Å². The predicted molar refractivity (Wildman–Crippen MR) is 75.2 cm³/mol. The summed E-state index contributed by atoms with van der Waals surface area (Å²) in [5, 5.41) is 9.18. The highest BCUT2D eigenvalue weighted by atomic mass is 32.2. The van der Waals surface area contributed by atoms with Gasteiger partial charge >= 0.3 is 5.97 Å². The molecule has 0 atom stereocenters. The minimum Gasteiger partial charge on any atom is -0.478 e. The zero-order chi connectivity index (χ0) is 13.2. The van der Waals surface area contributed by atoms with Crippen LogP contribution in [0.2, 0.25) is 0 Å². The molecule has 1 aliphatic heterocycles. The van der Waals surface area contributed by atoms with Crippen LogP contribution in [-0.4, -0.2) is 39.6 Å². The summed E-state index contributed by atoms with van der Waals surface area (Å²) in [6.45, 7) is 7.25. The van der Waals surface area contributed by atoms with Gasteiger partial charge in [-0.2, -0.15) is 11.8 Å². The van der Waals surface area contributed by atoms with Gasteiger partial charge in [0.1, 0.15) is 0 Å². The highest BCUT2D eigenvalue weighted by Gasteiger charge is 2.27. The second kappa shape index (κ2) is 5.33. The zero-order valence-corrected chi connectivity index (χ0v) is 11.7. The zero-order valence-electron chi connectivity index (χ0n) is 10.8. The summed E-state index contributed by atoms with van der Waals surface area (Å²) in [4.78, 5) is 13.5. The molecule has 0 aromatic heterocycles. The Morgan fingerprint density at radius 1 is 1.44 bits per heavy atom. The molecule has 0 radical (unpaired) electrons. The first-order valence-electron chi connectivity index (χ1n) is 6.15. The van der Waals surface area contributed by atoms with Gasteiger partial charge in [0.15, 0.2) is 0 Å². The van der Waals surface area contributed by atoms with E-state index >= 15 is 0 Å². The Morgan fingerprint density at radius 3 is 2.83 bits per heavy atom. The Kier molecular flexibility index (Phi) is 3.97. The number of hydrogen-bond acceptors (Lipinski definition) is 3. The number of carboxylic acids is 1. The maximum Gasteiger partial charge on any atom is 0.336 e. The fourth-order valence-corrected chi connectivity index (χ4v) is 3.53. The van der Waals surface area contributed by atoms with Crippen LogP contribution >= 0.6 is 11.8 Å². The van der Waals surface area contributed by atoms with Gasteiger partial charge in [-0.1, -0.05) is 18.2 Å². The third-order valence-corrected chi connectivity index (χ3v) is 4.44. The van der Waals surface area contributed by atoms with Gasteiger partial charge in [0, 0.05) is 30.1 Å². The molecule has 3 nitrogen and oxygen atoms in total. The third-order valence-electron chi connectivity index (χ3n) is 3.15. The van der Waals surface area contributed by atoms with Crippen LogP contribution in [0.25, 0.3) is 0 Å². The summed E-state index contributed by atoms with van der Waals surface area (Å²) >= 11 is 1.99. The van der Waals surface area contributed by atoms with Gasteiger partial charge in [-0.3, -0.25) is 4.90 Å². The Hall–Kier alpha value is -1.00. The molecule has 2 rings (SSSR count). The van der Waals surface area contributed by atoms with Crippen molar-refractivity contribution >= 4 is 17.7 Å². The Labute approximate surface area is 112 Å². The average molecular weight is 265 g/mol. The highest BCUT2D eigenvalue weighted by molar-refractivity contribution is 8.00. The van der Waals surface area contributed by atoms with E-state index in [1.165, 1.54) is 0 Å². The quantitative estimate of drug-likeness (QED) is 0.912. The molecule has 0 saturated carbocycles. The molecule has 0 unspecified atom stereocenters. The van der Waals surface area contributed by atoms with Gasteiger partial charge in [-0.25, -0.2) is 4.79 Å². The number of nitrogens with zero attached hydrogens (tertiary/aromatic N) is 1. The van der Waals surface area contributed by atoms with Crippen molar-refractivity contribution in [1.82, 2.24) is 4.90 Å². The fourth-order valence-electron chi connectivity index (χ4n) is 2.36. The van der Waals surface area contributed by atoms with Crippen LogP contribution in [0, 0.1) is 0 Å². The molecule has 0 bridgehead atoms. The summed E-state index contributed by atoms with van der Waals surface area (Å²) in [6.07, 6.45) is 0.